The van der Waals surface area contributed by atoms with Gasteiger partial charge in [0.15, 0.2) is 0 Å². The van der Waals surface area contributed by atoms with E-state index in [0.29, 0.717) is 0 Å². The topological polar surface area (TPSA) is 17.8 Å². The number of aromatic nitrogens is 2. The Morgan fingerprint density at radius 2 is 2.08 bits per heavy atom. The Labute approximate surface area is 80.3 Å². The van der Waals surface area contributed by atoms with Crippen LogP contribution in [0.3, 0.4) is 0 Å². The molecule has 0 amide bonds. The largest absolute Gasteiger partial charge is 0.332 e. The summed E-state index contributed by atoms with van der Waals surface area (Å²) in [5.74, 6) is 1.11. The number of fused-ring (bicyclic) bond motifs is 1. The first kappa shape index (κ1) is 10.0. The average Bonchev–Trinajstić information content (AvgIpc) is 2.47. The Balaban J connectivity index is 0.000000396. The van der Waals surface area contributed by atoms with E-state index in [1.54, 1.807) is 0 Å². The number of rotatable bonds is 0. The number of allylic oxidation sites excluding steroid dienone is 1. The summed E-state index contributed by atoms with van der Waals surface area (Å²) in [7, 11) is 2.07. The van der Waals surface area contributed by atoms with Crippen LogP contribution >= 0.6 is 0 Å². The minimum absolute atomic E-state index is 1.10. The van der Waals surface area contributed by atoms with Crippen molar-refractivity contribution in [3.05, 3.63) is 23.3 Å². The number of hydrogen-bond donors (Lipinski definition) is 0. The van der Waals surface area contributed by atoms with Crippen LogP contribution in [-0.4, -0.2) is 9.55 Å². The Morgan fingerprint density at radius 1 is 1.38 bits per heavy atom. The minimum Gasteiger partial charge on any atom is -0.332 e. The summed E-state index contributed by atoms with van der Waals surface area (Å²) >= 11 is 0. The summed E-state index contributed by atoms with van der Waals surface area (Å²) in [6.07, 6.45) is 6.62. The fraction of sp³-hybridized carbons (Fsp3) is 0.545. The van der Waals surface area contributed by atoms with Crippen LogP contribution in [0, 0.1) is 6.92 Å². The van der Waals surface area contributed by atoms with Gasteiger partial charge < -0.3 is 4.57 Å². The number of nitrogens with zero attached hydrogens (tertiary/aromatic N) is 2. The Kier molecular flexibility index (Phi) is 3.29. The van der Waals surface area contributed by atoms with E-state index in [1.165, 1.54) is 11.4 Å². The molecule has 1 aliphatic carbocycles. The molecule has 2 nitrogen and oxygen atoms in total. The van der Waals surface area contributed by atoms with Crippen LogP contribution < -0.4 is 0 Å². The molecule has 2 heteroatoms. The van der Waals surface area contributed by atoms with E-state index in [-0.39, 0.29) is 0 Å². The molecule has 0 fully saturated rings. The lowest BCUT2D eigenvalue weighted by Crippen LogP contribution is -1.97. The van der Waals surface area contributed by atoms with Gasteiger partial charge >= 0.3 is 0 Å². The smallest absolute Gasteiger partial charge is 0.106 e. The van der Waals surface area contributed by atoms with Gasteiger partial charge in [-0.2, -0.15) is 0 Å². The predicted molar refractivity (Wildman–Crippen MR) is 56.6 cm³/mol. The molecule has 1 aromatic rings. The fourth-order valence-corrected chi connectivity index (χ4v) is 1.50. The first-order chi connectivity index (χ1) is 6.29. The molecule has 0 N–H and O–H groups in total. The summed E-state index contributed by atoms with van der Waals surface area (Å²) in [5.41, 5.74) is 2.54. The standard InChI is InChI=1S/C9H12N2.C2H6/c1-7-10-8-5-3-4-6-9(8)11(7)2;1-2/h4,6H,3,5H2,1-2H3;1-2H3. The van der Waals surface area contributed by atoms with Crippen LogP contribution in [0.5, 0.6) is 0 Å². The highest BCUT2D eigenvalue weighted by molar-refractivity contribution is 5.51. The second kappa shape index (κ2) is 4.26. The van der Waals surface area contributed by atoms with Gasteiger partial charge in [0.1, 0.15) is 5.82 Å². The molecular weight excluding hydrogens is 160 g/mol. The third kappa shape index (κ3) is 1.82. The second-order valence-corrected chi connectivity index (χ2v) is 2.99. The molecule has 2 rings (SSSR count). The summed E-state index contributed by atoms with van der Waals surface area (Å²) < 4.78 is 2.14. The van der Waals surface area contributed by atoms with E-state index < -0.39 is 0 Å². The van der Waals surface area contributed by atoms with Gasteiger partial charge in [0.05, 0.1) is 11.4 Å². The minimum atomic E-state index is 1.10. The lowest BCUT2D eigenvalue weighted by Gasteiger charge is -2.04. The summed E-state index contributed by atoms with van der Waals surface area (Å²) in [6, 6.07) is 0. The molecule has 0 saturated heterocycles. The van der Waals surface area contributed by atoms with Crippen LogP contribution in [0.15, 0.2) is 6.08 Å². The maximum absolute atomic E-state index is 4.46. The van der Waals surface area contributed by atoms with Gasteiger partial charge in [0.25, 0.3) is 0 Å². The molecule has 1 heterocycles. The van der Waals surface area contributed by atoms with Crippen molar-refractivity contribution in [3.63, 3.8) is 0 Å². The van der Waals surface area contributed by atoms with E-state index in [4.69, 9.17) is 0 Å². The molecule has 72 valence electrons. The third-order valence-electron chi connectivity index (χ3n) is 2.26. The molecule has 0 unspecified atom stereocenters. The zero-order valence-electron chi connectivity index (χ0n) is 8.96. The molecule has 0 atom stereocenters. The molecule has 0 aromatic carbocycles. The van der Waals surface area contributed by atoms with E-state index >= 15 is 0 Å². The van der Waals surface area contributed by atoms with Crippen molar-refractivity contribution in [1.29, 1.82) is 0 Å². The molecule has 0 aliphatic heterocycles. The van der Waals surface area contributed by atoms with Crippen molar-refractivity contribution in [1.82, 2.24) is 9.55 Å². The Bertz CT molecular complexity index is 308. The Morgan fingerprint density at radius 3 is 2.69 bits per heavy atom. The highest BCUT2D eigenvalue weighted by Gasteiger charge is 2.10. The number of imidazole rings is 1. The lowest BCUT2D eigenvalue weighted by molar-refractivity contribution is 0.846. The molecule has 13 heavy (non-hydrogen) atoms. The second-order valence-electron chi connectivity index (χ2n) is 2.99. The first-order valence-corrected chi connectivity index (χ1v) is 4.98. The van der Waals surface area contributed by atoms with Gasteiger partial charge in [-0.1, -0.05) is 19.9 Å². The molecule has 0 saturated carbocycles. The first-order valence-electron chi connectivity index (χ1n) is 4.98. The monoisotopic (exact) mass is 178 g/mol. The molecule has 1 aliphatic rings. The van der Waals surface area contributed by atoms with Crippen molar-refractivity contribution < 1.29 is 0 Å². The summed E-state index contributed by atoms with van der Waals surface area (Å²) in [5, 5.41) is 0. The van der Waals surface area contributed by atoms with Crippen LogP contribution in [0.25, 0.3) is 6.08 Å². The average molecular weight is 178 g/mol. The highest BCUT2D eigenvalue weighted by Crippen LogP contribution is 2.18. The SMILES string of the molecule is CC.Cc1nc2c(n1C)C=CCC2. The van der Waals surface area contributed by atoms with Crippen molar-refractivity contribution in [2.75, 3.05) is 0 Å². The van der Waals surface area contributed by atoms with Crippen LogP contribution in [0.1, 0.15) is 37.5 Å². The normalized spacial score (nSPS) is 13.2. The van der Waals surface area contributed by atoms with Crippen molar-refractivity contribution >= 4 is 6.08 Å². The van der Waals surface area contributed by atoms with Crippen molar-refractivity contribution in [2.24, 2.45) is 7.05 Å². The van der Waals surface area contributed by atoms with Gasteiger partial charge in [-0.05, 0) is 25.8 Å². The van der Waals surface area contributed by atoms with Crippen LogP contribution in [-0.2, 0) is 13.5 Å². The number of aryl methyl sites for hydroxylation is 2. The van der Waals surface area contributed by atoms with Gasteiger partial charge in [0.2, 0.25) is 0 Å². The fourth-order valence-electron chi connectivity index (χ4n) is 1.50. The maximum Gasteiger partial charge on any atom is 0.106 e. The van der Waals surface area contributed by atoms with E-state index in [2.05, 4.69) is 28.8 Å². The lowest BCUT2D eigenvalue weighted by atomic mass is 10.1. The van der Waals surface area contributed by atoms with Crippen LogP contribution in [0.2, 0.25) is 0 Å². The zero-order chi connectivity index (χ0) is 9.84. The highest BCUT2D eigenvalue weighted by atomic mass is 15.1. The van der Waals surface area contributed by atoms with E-state index in [0.717, 1.165) is 18.7 Å². The predicted octanol–water partition coefficient (Wildman–Crippen LogP) is 2.71. The van der Waals surface area contributed by atoms with E-state index in [9.17, 15) is 0 Å². The summed E-state index contributed by atoms with van der Waals surface area (Å²) in [4.78, 5) is 4.46. The third-order valence-corrected chi connectivity index (χ3v) is 2.26. The zero-order valence-corrected chi connectivity index (χ0v) is 8.96. The Hall–Kier alpha value is -1.05. The molecule has 0 bridgehead atoms. The molecule has 0 spiro atoms. The van der Waals surface area contributed by atoms with Crippen molar-refractivity contribution in [2.45, 2.75) is 33.6 Å². The van der Waals surface area contributed by atoms with Gasteiger partial charge in [0, 0.05) is 7.05 Å². The molecular formula is C11H18N2. The van der Waals surface area contributed by atoms with Gasteiger partial charge in [-0.3, -0.25) is 0 Å². The molecule has 1 aromatic heterocycles. The van der Waals surface area contributed by atoms with Gasteiger partial charge in [-0.15, -0.1) is 0 Å². The van der Waals surface area contributed by atoms with Crippen LogP contribution in [0.4, 0.5) is 0 Å². The van der Waals surface area contributed by atoms with Crippen molar-refractivity contribution in [3.8, 4) is 0 Å². The van der Waals surface area contributed by atoms with Gasteiger partial charge in [-0.25, -0.2) is 4.98 Å². The maximum atomic E-state index is 4.46. The summed E-state index contributed by atoms with van der Waals surface area (Å²) in [6.45, 7) is 6.05. The quantitative estimate of drug-likeness (QED) is 0.597. The number of hydrogen-bond acceptors (Lipinski definition) is 1. The molecule has 0 radical (unpaired) electrons. The van der Waals surface area contributed by atoms with E-state index in [1.807, 2.05) is 20.8 Å².